The molecule has 0 spiro atoms. The number of hydrogen-bond acceptors (Lipinski definition) is 10. The number of aromatic nitrogens is 2. The summed E-state index contributed by atoms with van der Waals surface area (Å²) in [4.78, 5) is 14.7. The molecule has 38 heavy (non-hydrogen) atoms. The van der Waals surface area contributed by atoms with Gasteiger partial charge < -0.3 is 26.0 Å². The first-order chi connectivity index (χ1) is 18.0. The minimum atomic E-state index is -3.78. The van der Waals surface area contributed by atoms with Crippen molar-refractivity contribution < 1.29 is 17.5 Å². The van der Waals surface area contributed by atoms with Crippen LogP contribution in [0.4, 0.5) is 21.8 Å². The number of anilines is 3. The second-order valence-corrected chi connectivity index (χ2v) is 12.7. The van der Waals surface area contributed by atoms with Gasteiger partial charge in [-0.3, -0.25) is 4.99 Å². The van der Waals surface area contributed by atoms with E-state index in [-0.39, 0.29) is 40.3 Å². The Morgan fingerprint density at radius 1 is 1.34 bits per heavy atom. The second-order valence-electron chi connectivity index (χ2n) is 9.83. The molecule has 2 heterocycles. The number of aliphatic imine (C=N–C) groups is 1. The third kappa shape index (κ3) is 6.36. The van der Waals surface area contributed by atoms with E-state index in [9.17, 15) is 8.42 Å². The topological polar surface area (TPSA) is 135 Å². The Morgan fingerprint density at radius 3 is 2.68 bits per heavy atom. The molecule has 4 rings (SSSR count). The molecule has 0 amide bonds. The van der Waals surface area contributed by atoms with E-state index in [1.165, 1.54) is 39.4 Å². The number of hydrogen-bond donors (Lipinski definition) is 3. The maximum absolute atomic E-state index is 15.3. The zero-order valence-corrected chi connectivity index (χ0v) is 23.4. The summed E-state index contributed by atoms with van der Waals surface area (Å²) in [5, 5.41) is 4.86. The number of ether oxygens (including phenoxy) is 1. The predicted molar refractivity (Wildman–Crippen MR) is 149 cm³/mol. The highest BCUT2D eigenvalue weighted by Crippen LogP contribution is 2.39. The summed E-state index contributed by atoms with van der Waals surface area (Å²) in [5.74, 6) is 0.480. The normalized spacial score (nSPS) is 19.2. The zero-order chi connectivity index (χ0) is 27.6. The lowest BCUT2D eigenvalue weighted by atomic mass is 9.97. The van der Waals surface area contributed by atoms with Crippen molar-refractivity contribution in [3.8, 4) is 5.75 Å². The molecule has 2 aliphatic rings. The van der Waals surface area contributed by atoms with E-state index in [0.717, 1.165) is 32.4 Å². The molecule has 4 N–H and O–H groups in total. The van der Waals surface area contributed by atoms with Crippen molar-refractivity contribution in [2.45, 2.75) is 50.4 Å². The molecule has 0 bridgehead atoms. The van der Waals surface area contributed by atoms with Crippen molar-refractivity contribution in [3.05, 3.63) is 45.5 Å². The van der Waals surface area contributed by atoms with E-state index >= 15 is 4.39 Å². The monoisotopic (exact) mass is 565 g/mol. The maximum atomic E-state index is 15.3. The Hall–Kier alpha value is -2.96. The van der Waals surface area contributed by atoms with Crippen LogP contribution in [0.25, 0.3) is 0 Å². The number of benzene rings is 1. The van der Waals surface area contributed by atoms with Crippen LogP contribution in [0.5, 0.6) is 5.75 Å². The van der Waals surface area contributed by atoms with Crippen LogP contribution in [-0.2, 0) is 9.84 Å². The van der Waals surface area contributed by atoms with E-state index in [1.807, 2.05) is 7.05 Å². The van der Waals surface area contributed by atoms with Gasteiger partial charge in [-0.2, -0.15) is 4.98 Å². The summed E-state index contributed by atoms with van der Waals surface area (Å²) in [5.41, 5.74) is 7.01. The molecule has 2 fully saturated rings. The van der Waals surface area contributed by atoms with Gasteiger partial charge in [0.1, 0.15) is 16.6 Å². The van der Waals surface area contributed by atoms with Gasteiger partial charge in [-0.25, -0.2) is 17.8 Å². The number of allylic oxidation sites excluding steroid dienone is 1. The molecule has 1 saturated carbocycles. The molecule has 1 unspecified atom stereocenters. The van der Waals surface area contributed by atoms with E-state index < -0.39 is 20.1 Å². The molecule has 206 valence electrons. The minimum Gasteiger partial charge on any atom is -0.488 e. The van der Waals surface area contributed by atoms with Gasteiger partial charge in [0, 0.05) is 31.8 Å². The molecule has 1 aliphatic carbocycles. The molecule has 13 heteroatoms. The summed E-state index contributed by atoms with van der Waals surface area (Å²) >= 11 is 6.30. The molecule has 1 aromatic heterocycles. The number of nitrogens with two attached hydrogens (primary N) is 1. The van der Waals surface area contributed by atoms with Gasteiger partial charge in [0.05, 0.1) is 28.9 Å². The lowest BCUT2D eigenvalue weighted by Gasteiger charge is -2.18. The van der Waals surface area contributed by atoms with Crippen LogP contribution in [0.3, 0.4) is 0 Å². The van der Waals surface area contributed by atoms with Crippen molar-refractivity contribution in [2.75, 3.05) is 37.8 Å². The molecular weight excluding hydrogens is 533 g/mol. The first-order valence-electron chi connectivity index (χ1n) is 12.4. The lowest BCUT2D eigenvalue weighted by Crippen LogP contribution is -2.25. The third-order valence-corrected chi connectivity index (χ3v) is 8.79. The summed E-state index contributed by atoms with van der Waals surface area (Å²) in [6, 6.07) is 3.17. The summed E-state index contributed by atoms with van der Waals surface area (Å²) in [6.45, 7) is 4.76. The van der Waals surface area contributed by atoms with Crippen LogP contribution < -0.4 is 21.1 Å². The lowest BCUT2D eigenvalue weighted by molar-refractivity contribution is 0.303. The van der Waals surface area contributed by atoms with E-state index in [0.29, 0.717) is 17.0 Å². The van der Waals surface area contributed by atoms with Crippen LogP contribution in [0, 0.1) is 5.82 Å². The molecule has 1 aliphatic heterocycles. The summed E-state index contributed by atoms with van der Waals surface area (Å²) in [6.07, 6.45) is 5.47. The van der Waals surface area contributed by atoms with Gasteiger partial charge >= 0.3 is 0 Å². The predicted octanol–water partition coefficient (Wildman–Crippen LogP) is 4.04. The van der Waals surface area contributed by atoms with Gasteiger partial charge in [0.15, 0.2) is 20.7 Å². The number of halogens is 2. The van der Waals surface area contributed by atoms with Crippen molar-refractivity contribution in [1.82, 2.24) is 14.9 Å². The Balaban J connectivity index is 1.65. The molecule has 2 aromatic rings. The SMILES string of the molecule is CN=CC(Nc1nc(Nc2cc(F)c(C3CCN(C)C3)cc2OC2CC2)ncc1Cl)=C(N)S(=O)(=O)C(C)C. The minimum absolute atomic E-state index is 0.0161. The number of nitrogens with one attached hydrogen (secondary N) is 2. The smallest absolute Gasteiger partial charge is 0.229 e. The number of likely N-dealkylation sites (tertiary alicyclic amines) is 1. The third-order valence-electron chi connectivity index (χ3n) is 6.44. The highest BCUT2D eigenvalue weighted by molar-refractivity contribution is 7.95. The van der Waals surface area contributed by atoms with Crippen molar-refractivity contribution in [3.63, 3.8) is 0 Å². The van der Waals surface area contributed by atoms with Crippen LogP contribution in [-0.4, -0.2) is 68.0 Å². The largest absolute Gasteiger partial charge is 0.488 e. The Labute approximate surface area is 227 Å². The number of nitrogens with zero attached hydrogens (tertiary/aromatic N) is 4. The highest BCUT2D eigenvalue weighted by Gasteiger charge is 2.29. The summed E-state index contributed by atoms with van der Waals surface area (Å²) in [7, 11) is -0.274. The fourth-order valence-electron chi connectivity index (χ4n) is 4.09. The fourth-order valence-corrected chi connectivity index (χ4v) is 5.14. The van der Waals surface area contributed by atoms with E-state index in [1.54, 1.807) is 6.07 Å². The van der Waals surface area contributed by atoms with Crippen molar-refractivity contribution >= 4 is 45.1 Å². The first-order valence-corrected chi connectivity index (χ1v) is 14.3. The van der Waals surface area contributed by atoms with Gasteiger partial charge in [-0.1, -0.05) is 11.6 Å². The van der Waals surface area contributed by atoms with Crippen LogP contribution in [0.15, 0.2) is 34.0 Å². The van der Waals surface area contributed by atoms with Gasteiger partial charge in [-0.05, 0) is 58.3 Å². The molecule has 0 radical (unpaired) electrons. The molecule has 1 aromatic carbocycles. The average molecular weight is 566 g/mol. The second kappa shape index (κ2) is 11.4. The molecular formula is C25H33ClFN7O3S. The average Bonchev–Trinajstić information content (AvgIpc) is 3.58. The van der Waals surface area contributed by atoms with Crippen LogP contribution in [0.1, 0.15) is 44.6 Å². The Bertz CT molecular complexity index is 1360. The number of likely N-dealkylation sites (N-methyl/N-ethyl adjacent to an activating group) is 1. The van der Waals surface area contributed by atoms with Crippen LogP contribution in [0.2, 0.25) is 5.02 Å². The first kappa shape index (κ1) is 28.1. The van der Waals surface area contributed by atoms with Gasteiger partial charge in [0.2, 0.25) is 5.95 Å². The standard InChI is InChI=1S/C25H33ClFN7O3S/c1-14(2)38(35,36)23(28)21(12-29-3)31-24-18(26)11-30-25(33-24)32-20-10-19(27)17(15-7-8-34(4)13-15)9-22(20)37-16-5-6-16/h9-12,14-16H,5-8,13,28H2,1-4H3,(H2,30,31,32,33). The van der Waals surface area contributed by atoms with Gasteiger partial charge in [0.25, 0.3) is 0 Å². The molecule has 1 atom stereocenters. The maximum Gasteiger partial charge on any atom is 0.229 e. The zero-order valence-electron chi connectivity index (χ0n) is 21.8. The molecule has 1 saturated heterocycles. The van der Waals surface area contributed by atoms with E-state index in [4.69, 9.17) is 22.1 Å². The fraction of sp³-hybridized carbons (Fsp3) is 0.480. The summed E-state index contributed by atoms with van der Waals surface area (Å²) < 4.78 is 46.6. The molecule has 10 nitrogen and oxygen atoms in total. The van der Waals surface area contributed by atoms with Crippen LogP contribution >= 0.6 is 11.6 Å². The van der Waals surface area contributed by atoms with Crippen molar-refractivity contribution in [2.24, 2.45) is 10.7 Å². The Morgan fingerprint density at radius 2 is 2.08 bits per heavy atom. The highest BCUT2D eigenvalue weighted by atomic mass is 35.5. The number of rotatable bonds is 10. The quantitative estimate of drug-likeness (QED) is 0.365. The van der Waals surface area contributed by atoms with E-state index in [2.05, 4.69) is 30.5 Å². The Kier molecular flexibility index (Phi) is 8.43. The number of sulfone groups is 1. The van der Waals surface area contributed by atoms with Gasteiger partial charge in [-0.15, -0.1) is 0 Å². The van der Waals surface area contributed by atoms with Crippen molar-refractivity contribution in [1.29, 1.82) is 0 Å².